The molecule has 2 aromatic rings. The summed E-state index contributed by atoms with van der Waals surface area (Å²) in [5.41, 5.74) is 1.69. The molecule has 0 aromatic heterocycles. The van der Waals surface area contributed by atoms with E-state index in [0.29, 0.717) is 17.9 Å². The van der Waals surface area contributed by atoms with Gasteiger partial charge < -0.3 is 0 Å². The fourth-order valence-corrected chi connectivity index (χ4v) is 2.35. The molecule has 0 saturated heterocycles. The van der Waals surface area contributed by atoms with Crippen molar-refractivity contribution < 1.29 is 8.78 Å². The topological polar surface area (TPSA) is 0 Å². The molecule has 3 heteroatoms. The molecule has 0 aliphatic carbocycles. The van der Waals surface area contributed by atoms with Gasteiger partial charge in [-0.1, -0.05) is 36.4 Å². The van der Waals surface area contributed by atoms with Crippen molar-refractivity contribution in [2.45, 2.75) is 12.8 Å². The fraction of sp³-hybridized carbons (Fsp3) is 0.250. The minimum atomic E-state index is -0.549. The lowest BCUT2D eigenvalue weighted by Crippen LogP contribution is -2.11. The third kappa shape index (κ3) is 4.03. The molecule has 1 atom stereocenters. The molecule has 0 radical (unpaired) electrons. The van der Waals surface area contributed by atoms with Crippen molar-refractivity contribution in [2.75, 3.05) is 5.88 Å². The van der Waals surface area contributed by atoms with Gasteiger partial charge >= 0.3 is 0 Å². The second-order valence-electron chi connectivity index (χ2n) is 4.65. The first kappa shape index (κ1) is 14.0. The Morgan fingerprint density at radius 3 is 2.32 bits per heavy atom. The molecule has 1 unspecified atom stereocenters. The van der Waals surface area contributed by atoms with Crippen molar-refractivity contribution in [1.29, 1.82) is 0 Å². The van der Waals surface area contributed by atoms with Crippen LogP contribution in [0.2, 0.25) is 0 Å². The van der Waals surface area contributed by atoms with Crippen molar-refractivity contribution in [3.05, 3.63) is 71.3 Å². The van der Waals surface area contributed by atoms with Crippen molar-refractivity contribution in [2.24, 2.45) is 5.92 Å². The molecular weight excluding hydrogens is 266 g/mol. The van der Waals surface area contributed by atoms with Crippen LogP contribution >= 0.6 is 11.6 Å². The zero-order valence-corrected chi connectivity index (χ0v) is 11.2. The molecule has 0 aliphatic rings. The highest BCUT2D eigenvalue weighted by atomic mass is 35.5. The van der Waals surface area contributed by atoms with Gasteiger partial charge in [-0.15, -0.1) is 11.6 Å². The van der Waals surface area contributed by atoms with Gasteiger partial charge in [-0.2, -0.15) is 0 Å². The number of halogens is 3. The van der Waals surface area contributed by atoms with Crippen LogP contribution in [0.25, 0.3) is 0 Å². The number of hydrogen-bond donors (Lipinski definition) is 0. The Kier molecular flexibility index (Phi) is 4.92. The highest BCUT2D eigenvalue weighted by Gasteiger charge is 2.13. The maximum absolute atomic E-state index is 13.6. The molecule has 19 heavy (non-hydrogen) atoms. The van der Waals surface area contributed by atoms with Crippen molar-refractivity contribution in [3.63, 3.8) is 0 Å². The summed E-state index contributed by atoms with van der Waals surface area (Å²) in [6, 6.07) is 13.7. The van der Waals surface area contributed by atoms with Gasteiger partial charge in [0.2, 0.25) is 0 Å². The average Bonchev–Trinajstić information content (AvgIpc) is 2.42. The van der Waals surface area contributed by atoms with Gasteiger partial charge in [0.1, 0.15) is 11.6 Å². The molecule has 0 heterocycles. The van der Waals surface area contributed by atoms with E-state index < -0.39 is 11.6 Å². The standard InChI is InChI=1S/C16H15ClF2/c17-11-13(8-12-4-2-1-3-5-12)9-14-6-7-15(18)10-16(14)19/h1-7,10,13H,8-9,11H2. The Hall–Kier alpha value is -1.41. The van der Waals surface area contributed by atoms with Crippen LogP contribution in [0.5, 0.6) is 0 Å². The van der Waals surface area contributed by atoms with Crippen molar-refractivity contribution in [1.82, 2.24) is 0 Å². The quantitative estimate of drug-likeness (QED) is 0.702. The van der Waals surface area contributed by atoms with Gasteiger partial charge in [0.15, 0.2) is 0 Å². The third-order valence-electron chi connectivity index (χ3n) is 3.11. The number of alkyl halides is 1. The molecule has 0 fully saturated rings. The summed E-state index contributed by atoms with van der Waals surface area (Å²) < 4.78 is 26.5. The molecule has 2 aromatic carbocycles. The second-order valence-corrected chi connectivity index (χ2v) is 4.96. The molecule has 0 bridgehead atoms. The van der Waals surface area contributed by atoms with Crippen molar-refractivity contribution >= 4 is 11.6 Å². The summed E-state index contributed by atoms with van der Waals surface area (Å²) in [4.78, 5) is 0. The Balaban J connectivity index is 2.06. The third-order valence-corrected chi connectivity index (χ3v) is 3.55. The number of hydrogen-bond acceptors (Lipinski definition) is 0. The smallest absolute Gasteiger partial charge is 0.129 e. The van der Waals surface area contributed by atoms with Crippen LogP contribution < -0.4 is 0 Å². The maximum atomic E-state index is 13.6. The first-order valence-corrected chi connectivity index (χ1v) is 6.76. The lowest BCUT2D eigenvalue weighted by molar-refractivity contribution is 0.534. The van der Waals surface area contributed by atoms with Crippen LogP contribution in [0.4, 0.5) is 8.78 Å². The summed E-state index contributed by atoms with van der Waals surface area (Å²) in [5, 5.41) is 0. The molecular formula is C16H15ClF2. The Morgan fingerprint density at radius 2 is 1.68 bits per heavy atom. The van der Waals surface area contributed by atoms with Crippen LogP contribution in [-0.4, -0.2) is 5.88 Å². The van der Waals surface area contributed by atoms with Crippen LogP contribution in [0, 0.1) is 17.6 Å². The van der Waals surface area contributed by atoms with E-state index in [4.69, 9.17) is 11.6 Å². The predicted molar refractivity (Wildman–Crippen MR) is 74.4 cm³/mol. The van der Waals surface area contributed by atoms with E-state index in [-0.39, 0.29) is 5.92 Å². The zero-order valence-electron chi connectivity index (χ0n) is 10.5. The lowest BCUT2D eigenvalue weighted by atomic mass is 9.94. The van der Waals surface area contributed by atoms with E-state index in [9.17, 15) is 8.78 Å². The van der Waals surface area contributed by atoms with E-state index in [1.807, 2.05) is 30.3 Å². The maximum Gasteiger partial charge on any atom is 0.129 e. The Morgan fingerprint density at radius 1 is 0.947 bits per heavy atom. The van der Waals surface area contributed by atoms with Gasteiger partial charge in [-0.25, -0.2) is 8.78 Å². The van der Waals surface area contributed by atoms with Crippen LogP contribution in [0.3, 0.4) is 0 Å². The Labute approximate surface area is 117 Å². The average molecular weight is 281 g/mol. The van der Waals surface area contributed by atoms with Crippen molar-refractivity contribution in [3.8, 4) is 0 Å². The molecule has 0 amide bonds. The Bertz CT molecular complexity index is 526. The van der Waals surface area contributed by atoms with Gasteiger partial charge in [0, 0.05) is 11.9 Å². The van der Waals surface area contributed by atoms with E-state index in [1.165, 1.54) is 17.7 Å². The summed E-state index contributed by atoms with van der Waals surface area (Å²) in [6.07, 6.45) is 1.31. The molecule has 0 nitrogen and oxygen atoms in total. The van der Waals surface area contributed by atoms with Crippen LogP contribution in [-0.2, 0) is 12.8 Å². The predicted octanol–water partition coefficient (Wildman–Crippen LogP) is 4.61. The molecule has 0 spiro atoms. The fourth-order valence-electron chi connectivity index (χ4n) is 2.13. The van der Waals surface area contributed by atoms with Gasteiger partial charge in [0.25, 0.3) is 0 Å². The van der Waals surface area contributed by atoms with Crippen LogP contribution in [0.1, 0.15) is 11.1 Å². The normalized spacial score (nSPS) is 12.4. The first-order chi connectivity index (χ1) is 9.19. The largest absolute Gasteiger partial charge is 0.207 e. The van der Waals surface area contributed by atoms with Crippen LogP contribution in [0.15, 0.2) is 48.5 Å². The minimum absolute atomic E-state index is 0.143. The highest BCUT2D eigenvalue weighted by Crippen LogP contribution is 2.19. The van der Waals surface area contributed by atoms with Gasteiger partial charge in [-0.3, -0.25) is 0 Å². The first-order valence-electron chi connectivity index (χ1n) is 6.23. The molecule has 100 valence electrons. The molecule has 0 aliphatic heterocycles. The minimum Gasteiger partial charge on any atom is -0.207 e. The summed E-state index contributed by atoms with van der Waals surface area (Å²) >= 11 is 5.95. The lowest BCUT2D eigenvalue weighted by Gasteiger charge is -2.14. The SMILES string of the molecule is Fc1ccc(CC(CCl)Cc2ccccc2)c(F)c1. The van der Waals surface area contributed by atoms with E-state index in [1.54, 1.807) is 0 Å². The second kappa shape index (κ2) is 6.67. The molecule has 0 N–H and O–H groups in total. The number of rotatable bonds is 5. The number of benzene rings is 2. The summed E-state index contributed by atoms with van der Waals surface area (Å²) in [5.74, 6) is -0.454. The zero-order chi connectivity index (χ0) is 13.7. The van der Waals surface area contributed by atoms with E-state index in [2.05, 4.69) is 0 Å². The van der Waals surface area contributed by atoms with Gasteiger partial charge in [-0.05, 0) is 36.0 Å². The van der Waals surface area contributed by atoms with E-state index >= 15 is 0 Å². The molecule has 0 saturated carbocycles. The van der Waals surface area contributed by atoms with E-state index in [0.717, 1.165) is 12.5 Å². The highest BCUT2D eigenvalue weighted by molar-refractivity contribution is 6.18. The summed E-state index contributed by atoms with van der Waals surface area (Å²) in [6.45, 7) is 0. The van der Waals surface area contributed by atoms with Gasteiger partial charge in [0.05, 0.1) is 0 Å². The summed E-state index contributed by atoms with van der Waals surface area (Å²) in [7, 11) is 0. The monoisotopic (exact) mass is 280 g/mol. The molecule has 2 rings (SSSR count).